The van der Waals surface area contributed by atoms with E-state index in [2.05, 4.69) is 6.07 Å². The number of nitrogens with two attached hydrogens (primary N) is 1. The number of hydrogen-bond donors (Lipinski definition) is 1. The van der Waals surface area contributed by atoms with Crippen LogP contribution in [0.15, 0.2) is 12.1 Å². The molecule has 0 radical (unpaired) electrons. The van der Waals surface area contributed by atoms with Gasteiger partial charge in [-0.2, -0.15) is 5.26 Å². The van der Waals surface area contributed by atoms with E-state index in [9.17, 15) is 0 Å². The van der Waals surface area contributed by atoms with Gasteiger partial charge in [-0.15, -0.1) is 0 Å². The maximum absolute atomic E-state index is 8.78. The summed E-state index contributed by atoms with van der Waals surface area (Å²) in [5.41, 5.74) is 9.64. The summed E-state index contributed by atoms with van der Waals surface area (Å²) in [4.78, 5) is 0. The minimum atomic E-state index is 0.711. The third-order valence-electron chi connectivity index (χ3n) is 2.24. The summed E-state index contributed by atoms with van der Waals surface area (Å²) in [6.45, 7) is 4.10. The maximum Gasteiger partial charge on any atom is 0.0991 e. The van der Waals surface area contributed by atoms with Gasteiger partial charge in [0, 0.05) is 5.69 Å². The van der Waals surface area contributed by atoms with E-state index in [1.54, 1.807) is 0 Å². The number of aryl methyl sites for hydroxylation is 2. The predicted octanol–water partition coefficient (Wildman–Crippen LogP) is 2.27. The Labute approximate surface area is 79.0 Å². The Bertz CT molecular complexity index is 323. The zero-order chi connectivity index (χ0) is 9.84. The van der Waals surface area contributed by atoms with Crippen molar-refractivity contribution in [1.82, 2.24) is 0 Å². The van der Waals surface area contributed by atoms with E-state index >= 15 is 0 Å². The molecular formula is C11H14N2. The van der Waals surface area contributed by atoms with Crippen LogP contribution in [0.3, 0.4) is 0 Å². The molecule has 68 valence electrons. The van der Waals surface area contributed by atoms with Gasteiger partial charge in [-0.3, -0.25) is 0 Å². The second-order valence-corrected chi connectivity index (χ2v) is 3.03. The van der Waals surface area contributed by atoms with Crippen LogP contribution in [-0.4, -0.2) is 0 Å². The molecule has 1 aromatic rings. The van der Waals surface area contributed by atoms with E-state index in [4.69, 9.17) is 11.0 Å². The minimum Gasteiger partial charge on any atom is -0.398 e. The molecule has 1 rings (SSSR count). The fourth-order valence-electron chi connectivity index (χ4n) is 1.43. The van der Waals surface area contributed by atoms with Gasteiger partial charge in [0.05, 0.1) is 11.6 Å². The third kappa shape index (κ3) is 1.81. The molecule has 0 aliphatic carbocycles. The normalized spacial score (nSPS) is 9.62. The summed E-state index contributed by atoms with van der Waals surface area (Å²) in [7, 11) is 0. The van der Waals surface area contributed by atoms with Gasteiger partial charge in [0.25, 0.3) is 0 Å². The quantitative estimate of drug-likeness (QED) is 0.699. The van der Waals surface area contributed by atoms with E-state index in [1.807, 2.05) is 26.0 Å². The van der Waals surface area contributed by atoms with Crippen molar-refractivity contribution >= 4 is 5.69 Å². The Morgan fingerprint density at radius 2 is 1.69 bits per heavy atom. The first-order valence-electron chi connectivity index (χ1n) is 4.54. The monoisotopic (exact) mass is 174 g/mol. The molecule has 2 nitrogen and oxygen atoms in total. The SMILES string of the molecule is CCc1cc(C#N)cc(CC)c1N. The highest BCUT2D eigenvalue weighted by Crippen LogP contribution is 2.20. The molecule has 0 fully saturated rings. The van der Waals surface area contributed by atoms with Crippen LogP contribution in [0.25, 0.3) is 0 Å². The number of hydrogen-bond acceptors (Lipinski definition) is 2. The average molecular weight is 174 g/mol. The summed E-state index contributed by atoms with van der Waals surface area (Å²) in [6.07, 6.45) is 1.77. The van der Waals surface area contributed by atoms with Crippen LogP contribution in [0, 0.1) is 11.3 Å². The Morgan fingerprint density at radius 3 is 2.00 bits per heavy atom. The van der Waals surface area contributed by atoms with E-state index < -0.39 is 0 Å². The average Bonchev–Trinajstić information content (AvgIpc) is 2.18. The molecule has 0 saturated carbocycles. The van der Waals surface area contributed by atoms with Crippen molar-refractivity contribution in [3.8, 4) is 6.07 Å². The second kappa shape index (κ2) is 3.95. The standard InChI is InChI=1S/C11H14N2/c1-3-9-5-8(7-12)6-10(4-2)11(9)13/h5-6H,3-4,13H2,1-2H3. The fourth-order valence-corrected chi connectivity index (χ4v) is 1.43. The summed E-state index contributed by atoms with van der Waals surface area (Å²) in [5, 5.41) is 8.78. The molecule has 0 unspecified atom stereocenters. The number of benzene rings is 1. The van der Waals surface area contributed by atoms with Crippen molar-refractivity contribution in [2.24, 2.45) is 0 Å². The molecule has 0 spiro atoms. The van der Waals surface area contributed by atoms with Gasteiger partial charge < -0.3 is 5.73 Å². The molecule has 13 heavy (non-hydrogen) atoms. The Hall–Kier alpha value is -1.49. The second-order valence-electron chi connectivity index (χ2n) is 3.03. The Kier molecular flexibility index (Phi) is 2.92. The number of nitriles is 1. The van der Waals surface area contributed by atoms with E-state index in [1.165, 1.54) is 0 Å². The number of nitrogens with zero attached hydrogens (tertiary/aromatic N) is 1. The van der Waals surface area contributed by atoms with E-state index in [0.717, 1.165) is 29.7 Å². The smallest absolute Gasteiger partial charge is 0.0991 e. The van der Waals surface area contributed by atoms with Gasteiger partial charge in [-0.25, -0.2) is 0 Å². The lowest BCUT2D eigenvalue weighted by atomic mass is 10.0. The largest absolute Gasteiger partial charge is 0.398 e. The number of rotatable bonds is 2. The molecule has 2 heteroatoms. The van der Waals surface area contributed by atoms with Crippen molar-refractivity contribution in [2.45, 2.75) is 26.7 Å². The molecule has 0 aliphatic rings. The minimum absolute atomic E-state index is 0.711. The first-order valence-corrected chi connectivity index (χ1v) is 4.54. The molecule has 0 saturated heterocycles. The van der Waals surface area contributed by atoms with Gasteiger partial charge in [0.15, 0.2) is 0 Å². The number of nitrogen functional groups attached to an aromatic ring is 1. The van der Waals surface area contributed by atoms with Gasteiger partial charge >= 0.3 is 0 Å². The summed E-state index contributed by atoms with van der Waals surface area (Å²) in [6, 6.07) is 5.89. The Balaban J connectivity index is 3.30. The Morgan fingerprint density at radius 1 is 1.23 bits per heavy atom. The molecule has 0 bridgehead atoms. The fraction of sp³-hybridized carbons (Fsp3) is 0.364. The van der Waals surface area contributed by atoms with Crippen molar-refractivity contribution in [3.63, 3.8) is 0 Å². The van der Waals surface area contributed by atoms with Crippen LogP contribution < -0.4 is 5.73 Å². The van der Waals surface area contributed by atoms with Gasteiger partial charge in [-0.05, 0) is 36.1 Å². The van der Waals surface area contributed by atoms with Crippen molar-refractivity contribution in [3.05, 3.63) is 28.8 Å². The zero-order valence-corrected chi connectivity index (χ0v) is 8.09. The lowest BCUT2D eigenvalue weighted by Crippen LogP contribution is -1.99. The lowest BCUT2D eigenvalue weighted by Gasteiger charge is -2.08. The van der Waals surface area contributed by atoms with Gasteiger partial charge in [0.2, 0.25) is 0 Å². The van der Waals surface area contributed by atoms with Crippen molar-refractivity contribution in [1.29, 1.82) is 5.26 Å². The van der Waals surface area contributed by atoms with Gasteiger partial charge in [0.1, 0.15) is 0 Å². The van der Waals surface area contributed by atoms with Crippen LogP contribution in [0.2, 0.25) is 0 Å². The third-order valence-corrected chi connectivity index (χ3v) is 2.24. The van der Waals surface area contributed by atoms with Crippen LogP contribution in [-0.2, 0) is 12.8 Å². The lowest BCUT2D eigenvalue weighted by molar-refractivity contribution is 1.09. The topological polar surface area (TPSA) is 49.8 Å². The molecule has 2 N–H and O–H groups in total. The highest BCUT2D eigenvalue weighted by molar-refractivity contribution is 5.57. The zero-order valence-electron chi connectivity index (χ0n) is 8.09. The molecule has 0 aliphatic heterocycles. The van der Waals surface area contributed by atoms with E-state index in [0.29, 0.717) is 5.56 Å². The van der Waals surface area contributed by atoms with Crippen LogP contribution in [0.5, 0.6) is 0 Å². The number of anilines is 1. The molecular weight excluding hydrogens is 160 g/mol. The highest BCUT2D eigenvalue weighted by atomic mass is 14.6. The molecule has 1 aromatic carbocycles. The van der Waals surface area contributed by atoms with Crippen LogP contribution >= 0.6 is 0 Å². The first kappa shape index (κ1) is 9.60. The highest BCUT2D eigenvalue weighted by Gasteiger charge is 2.04. The molecule has 0 atom stereocenters. The summed E-state index contributed by atoms with van der Waals surface area (Å²) >= 11 is 0. The summed E-state index contributed by atoms with van der Waals surface area (Å²) in [5.74, 6) is 0. The molecule has 0 aromatic heterocycles. The van der Waals surface area contributed by atoms with Crippen molar-refractivity contribution < 1.29 is 0 Å². The van der Waals surface area contributed by atoms with Crippen molar-refractivity contribution in [2.75, 3.05) is 5.73 Å². The van der Waals surface area contributed by atoms with Gasteiger partial charge in [-0.1, -0.05) is 13.8 Å². The molecule has 0 heterocycles. The van der Waals surface area contributed by atoms with Crippen LogP contribution in [0.4, 0.5) is 5.69 Å². The first-order chi connectivity index (χ1) is 6.22. The van der Waals surface area contributed by atoms with Crippen LogP contribution in [0.1, 0.15) is 30.5 Å². The van der Waals surface area contributed by atoms with E-state index in [-0.39, 0.29) is 0 Å². The summed E-state index contributed by atoms with van der Waals surface area (Å²) < 4.78 is 0. The molecule has 0 amide bonds. The maximum atomic E-state index is 8.78. The predicted molar refractivity (Wildman–Crippen MR) is 54.3 cm³/mol.